The smallest absolute Gasteiger partial charge is 0.245 e. The first-order valence-corrected chi connectivity index (χ1v) is 17.0. The van der Waals surface area contributed by atoms with Crippen molar-refractivity contribution in [1.82, 2.24) is 34.9 Å². The van der Waals surface area contributed by atoms with Crippen LogP contribution in [0.4, 0.5) is 0 Å². The minimum atomic E-state index is -0.614. The molecule has 5 heterocycles. The zero-order valence-corrected chi connectivity index (χ0v) is 28.4. The van der Waals surface area contributed by atoms with Gasteiger partial charge in [-0.25, -0.2) is 9.97 Å². The summed E-state index contributed by atoms with van der Waals surface area (Å²) in [4.78, 5) is 69.4. The molecule has 2 amide bonds. The van der Waals surface area contributed by atoms with Crippen molar-refractivity contribution in [2.45, 2.75) is 91.4 Å². The number of nitrogens with one attached hydrogen (secondary N) is 1. The predicted molar refractivity (Wildman–Crippen MR) is 181 cm³/mol. The van der Waals surface area contributed by atoms with Gasteiger partial charge in [-0.1, -0.05) is 6.07 Å². The highest BCUT2D eigenvalue weighted by Crippen LogP contribution is 2.60. The number of pyridine rings is 1. The molecule has 49 heavy (non-hydrogen) atoms. The molecule has 12 nitrogen and oxygen atoms in total. The van der Waals surface area contributed by atoms with Crippen molar-refractivity contribution < 1.29 is 23.9 Å². The topological polar surface area (TPSA) is 149 Å². The fraction of sp³-hybridized carbons (Fsp3) is 0.459. The van der Waals surface area contributed by atoms with Crippen molar-refractivity contribution in [3.8, 4) is 11.1 Å². The standard InChI is InChI=1S/C37H41N7O5/c1-21-8-9-22(2)41-29(21)13-31(46)30-14-37-15-32(37)44(30)34(48)19-43-36-26(16-40-33(47)7-5-6-10-49-20-37)11-25(27-17-38-24(4)39-18-27)12-28(36)35(42-43)23(3)45/h8-9,11-12,17-18,30,32H,5-7,10,13-16,19-20H2,1-4H3,(H,40,47)/t30-,32+,37-/m0/s1. The SMILES string of the molecule is CC(=O)c1nn2c3c(cc(-c4cnc(C)nc4)cc13)CNC(=O)CCCCOC[C@@]13C[C@@H](C(=O)Cc4nc(C)ccc4C)N(C(=O)C2)[C@@H]1C3. The van der Waals surface area contributed by atoms with E-state index in [4.69, 9.17) is 9.84 Å². The summed E-state index contributed by atoms with van der Waals surface area (Å²) in [5.41, 5.74) is 5.25. The summed E-state index contributed by atoms with van der Waals surface area (Å²) in [6, 6.07) is 6.95. The summed E-state index contributed by atoms with van der Waals surface area (Å²) in [6.45, 7) is 8.06. The van der Waals surface area contributed by atoms with E-state index in [0.29, 0.717) is 54.8 Å². The minimum Gasteiger partial charge on any atom is -0.381 e. The third-order valence-corrected chi connectivity index (χ3v) is 10.2. The van der Waals surface area contributed by atoms with Gasteiger partial charge in [0.25, 0.3) is 0 Å². The number of Topliss-reactive ketones (excluding diaryl/α,β-unsaturated/α-hetero) is 2. The number of hydrogen-bond acceptors (Lipinski definition) is 9. The van der Waals surface area contributed by atoms with Crippen LogP contribution in [0.5, 0.6) is 0 Å². The average molecular weight is 664 g/mol. The normalized spacial score (nSPS) is 22.8. The molecule has 0 spiro atoms. The quantitative estimate of drug-likeness (QED) is 0.313. The summed E-state index contributed by atoms with van der Waals surface area (Å²) >= 11 is 0. The first-order valence-electron chi connectivity index (χ1n) is 17.0. The number of ether oxygens (including phenoxy) is 1. The highest BCUT2D eigenvalue weighted by atomic mass is 16.5. The van der Waals surface area contributed by atoms with E-state index >= 15 is 0 Å². The lowest BCUT2D eigenvalue weighted by atomic mass is 9.95. The monoisotopic (exact) mass is 663 g/mol. The molecule has 3 aliphatic rings. The number of carbonyl (C=O) groups excluding carboxylic acids is 4. The second-order valence-corrected chi connectivity index (χ2v) is 13.9. The maximum atomic E-state index is 14.4. The van der Waals surface area contributed by atoms with E-state index in [1.54, 1.807) is 28.9 Å². The predicted octanol–water partition coefficient (Wildman–Crippen LogP) is 4.00. The minimum absolute atomic E-state index is 0.0429. The molecule has 3 aromatic heterocycles. The van der Waals surface area contributed by atoms with E-state index in [2.05, 4.69) is 20.3 Å². The Labute approximate surface area is 284 Å². The average Bonchev–Trinajstić information content (AvgIpc) is 3.47. The van der Waals surface area contributed by atoms with Gasteiger partial charge in [0.2, 0.25) is 11.8 Å². The number of aryl methyl sites for hydroxylation is 3. The van der Waals surface area contributed by atoms with Crippen LogP contribution in [0.25, 0.3) is 22.0 Å². The number of rotatable bonds is 5. The van der Waals surface area contributed by atoms with Gasteiger partial charge in [0.15, 0.2) is 11.6 Å². The molecule has 12 heteroatoms. The Kier molecular flexibility index (Phi) is 8.60. The van der Waals surface area contributed by atoms with E-state index in [1.165, 1.54) is 6.92 Å². The largest absolute Gasteiger partial charge is 0.381 e. The maximum absolute atomic E-state index is 14.4. The Bertz CT molecular complexity index is 1990. The van der Waals surface area contributed by atoms with Crippen molar-refractivity contribution in [2.75, 3.05) is 13.2 Å². The third-order valence-electron chi connectivity index (χ3n) is 10.2. The fourth-order valence-corrected chi connectivity index (χ4v) is 7.49. The summed E-state index contributed by atoms with van der Waals surface area (Å²) in [7, 11) is 0. The van der Waals surface area contributed by atoms with E-state index in [1.807, 2.05) is 38.1 Å². The first-order chi connectivity index (χ1) is 23.5. The van der Waals surface area contributed by atoms with Crippen molar-refractivity contribution in [3.05, 3.63) is 70.7 Å². The Morgan fingerprint density at radius 3 is 2.61 bits per heavy atom. The zero-order valence-electron chi connectivity index (χ0n) is 28.4. The van der Waals surface area contributed by atoms with Crippen LogP contribution in [0.3, 0.4) is 0 Å². The Hall–Kier alpha value is -4.84. The van der Waals surface area contributed by atoms with Crippen molar-refractivity contribution in [3.63, 3.8) is 0 Å². The lowest BCUT2D eigenvalue weighted by Gasteiger charge is -2.27. The van der Waals surface area contributed by atoms with Gasteiger partial charge in [0.05, 0.1) is 30.3 Å². The number of hydrogen-bond donors (Lipinski definition) is 1. The molecule has 1 aliphatic carbocycles. The molecule has 0 unspecified atom stereocenters. The van der Waals surface area contributed by atoms with Crippen molar-refractivity contribution >= 4 is 34.3 Å². The molecule has 2 bridgehead atoms. The van der Waals surface area contributed by atoms with Crippen molar-refractivity contribution in [2.24, 2.45) is 5.41 Å². The van der Waals surface area contributed by atoms with Crippen LogP contribution in [0, 0.1) is 26.2 Å². The van der Waals surface area contributed by atoms with Gasteiger partial charge in [-0.05, 0) is 81.3 Å². The number of amides is 2. The van der Waals surface area contributed by atoms with Crippen LogP contribution in [0.2, 0.25) is 0 Å². The van der Waals surface area contributed by atoms with Crippen LogP contribution in [-0.2, 0) is 38.6 Å². The summed E-state index contributed by atoms with van der Waals surface area (Å²) < 4.78 is 7.68. The van der Waals surface area contributed by atoms with Gasteiger partial charge in [0, 0.05) is 67.0 Å². The van der Waals surface area contributed by atoms with Gasteiger partial charge in [-0.3, -0.25) is 28.8 Å². The molecule has 2 aliphatic heterocycles. The van der Waals surface area contributed by atoms with Crippen LogP contribution < -0.4 is 5.32 Å². The first kappa shape index (κ1) is 32.7. The third kappa shape index (κ3) is 6.37. The molecule has 1 saturated heterocycles. The van der Waals surface area contributed by atoms with Crippen LogP contribution in [-0.4, -0.2) is 78.3 Å². The molecule has 2 fully saturated rings. The number of carbonyl (C=O) groups is 4. The van der Waals surface area contributed by atoms with Gasteiger partial charge in [-0.15, -0.1) is 0 Å². The van der Waals surface area contributed by atoms with Gasteiger partial charge < -0.3 is 15.0 Å². The van der Waals surface area contributed by atoms with Gasteiger partial charge in [-0.2, -0.15) is 5.10 Å². The number of piperidine rings is 1. The number of ketones is 2. The molecule has 254 valence electrons. The summed E-state index contributed by atoms with van der Waals surface area (Å²) in [6.07, 6.45) is 6.60. The number of benzene rings is 1. The summed E-state index contributed by atoms with van der Waals surface area (Å²) in [5.74, 6) is -0.00313. The van der Waals surface area contributed by atoms with Crippen molar-refractivity contribution in [1.29, 1.82) is 0 Å². The molecule has 1 saturated carbocycles. The zero-order chi connectivity index (χ0) is 34.4. The number of nitrogens with zero attached hydrogens (tertiary/aromatic N) is 6. The Morgan fingerprint density at radius 1 is 1.04 bits per heavy atom. The molecule has 3 atom stereocenters. The highest BCUT2D eigenvalue weighted by molar-refractivity contribution is 6.07. The fourth-order valence-electron chi connectivity index (χ4n) is 7.49. The van der Waals surface area contributed by atoms with E-state index in [-0.39, 0.29) is 60.0 Å². The van der Waals surface area contributed by atoms with E-state index < -0.39 is 6.04 Å². The van der Waals surface area contributed by atoms with Gasteiger partial charge in [0.1, 0.15) is 18.1 Å². The number of aromatic nitrogens is 5. The van der Waals surface area contributed by atoms with E-state index in [0.717, 1.165) is 40.9 Å². The van der Waals surface area contributed by atoms with Crippen LogP contribution in [0.1, 0.15) is 77.9 Å². The lowest BCUT2D eigenvalue weighted by molar-refractivity contribution is -0.139. The van der Waals surface area contributed by atoms with Gasteiger partial charge >= 0.3 is 0 Å². The maximum Gasteiger partial charge on any atom is 0.245 e. The molecular formula is C37H41N7O5. The van der Waals surface area contributed by atoms with E-state index in [9.17, 15) is 19.2 Å². The molecule has 1 aromatic carbocycles. The second kappa shape index (κ2) is 12.9. The molecule has 0 radical (unpaired) electrons. The Morgan fingerprint density at radius 2 is 1.84 bits per heavy atom. The molecule has 1 N–H and O–H groups in total. The second-order valence-electron chi connectivity index (χ2n) is 13.9. The van der Waals surface area contributed by atoms with Crippen LogP contribution in [0.15, 0.2) is 36.7 Å². The molecule has 7 rings (SSSR count). The van der Waals surface area contributed by atoms with Crippen LogP contribution >= 0.6 is 0 Å². The lowest BCUT2D eigenvalue weighted by Crippen LogP contribution is -2.45. The Balaban J connectivity index is 1.29. The molecule has 4 aromatic rings. The molecular weight excluding hydrogens is 622 g/mol. The highest BCUT2D eigenvalue weighted by Gasteiger charge is 2.67. The summed E-state index contributed by atoms with van der Waals surface area (Å²) in [5, 5.41) is 8.29.